The predicted molar refractivity (Wildman–Crippen MR) is 123 cm³/mol. The smallest absolute Gasteiger partial charge is 0.306 e. The summed E-state index contributed by atoms with van der Waals surface area (Å²) < 4.78 is 33.2. The summed E-state index contributed by atoms with van der Waals surface area (Å²) in [6.45, 7) is 0.662. The van der Waals surface area contributed by atoms with Gasteiger partial charge < -0.3 is 15.6 Å². The van der Waals surface area contributed by atoms with E-state index in [9.17, 15) is 13.2 Å². The Morgan fingerprint density at radius 1 is 1.12 bits per heavy atom. The Morgan fingerprint density at radius 2 is 1.81 bits per heavy atom. The first-order valence-corrected chi connectivity index (χ1v) is 12.0. The van der Waals surface area contributed by atoms with Crippen LogP contribution < -0.4 is 10.5 Å². The van der Waals surface area contributed by atoms with Crippen molar-refractivity contribution in [1.82, 2.24) is 4.72 Å². The summed E-state index contributed by atoms with van der Waals surface area (Å²) in [5, 5.41) is 9.08. The SMILES string of the molecule is COCCc1ccc(C#Cc2ccc(S(=O)(=O)NC3CCC(C(=O)O)CC3)cc2N)cc1. The third-order valence-electron chi connectivity index (χ3n) is 5.62. The van der Waals surface area contributed by atoms with Gasteiger partial charge in [-0.25, -0.2) is 13.1 Å². The van der Waals surface area contributed by atoms with Gasteiger partial charge in [-0.15, -0.1) is 0 Å². The summed E-state index contributed by atoms with van der Waals surface area (Å²) in [4.78, 5) is 11.1. The van der Waals surface area contributed by atoms with Crippen LogP contribution in [0.2, 0.25) is 0 Å². The highest BCUT2D eigenvalue weighted by molar-refractivity contribution is 7.89. The fourth-order valence-corrected chi connectivity index (χ4v) is 5.02. The third-order valence-corrected chi connectivity index (χ3v) is 7.14. The molecule has 1 aliphatic carbocycles. The van der Waals surface area contributed by atoms with Gasteiger partial charge in [0, 0.05) is 30.0 Å². The zero-order valence-electron chi connectivity index (χ0n) is 18.0. The van der Waals surface area contributed by atoms with Gasteiger partial charge in [0.25, 0.3) is 0 Å². The number of nitrogens with one attached hydrogen (secondary N) is 1. The Hall–Kier alpha value is -2.86. The quantitative estimate of drug-likeness (QED) is 0.435. The summed E-state index contributed by atoms with van der Waals surface area (Å²) in [7, 11) is -2.08. The number of sulfonamides is 1. The summed E-state index contributed by atoms with van der Waals surface area (Å²) in [5.74, 6) is 4.83. The van der Waals surface area contributed by atoms with Crippen molar-refractivity contribution in [1.29, 1.82) is 0 Å². The second-order valence-corrected chi connectivity index (χ2v) is 9.66. The minimum atomic E-state index is -3.75. The van der Waals surface area contributed by atoms with Crippen LogP contribution in [0.3, 0.4) is 0 Å². The first kappa shape index (κ1) is 23.8. The first-order valence-electron chi connectivity index (χ1n) is 10.5. The molecule has 1 fully saturated rings. The van der Waals surface area contributed by atoms with Crippen molar-refractivity contribution in [2.45, 2.75) is 43.0 Å². The van der Waals surface area contributed by atoms with E-state index in [4.69, 9.17) is 15.6 Å². The van der Waals surface area contributed by atoms with Crippen molar-refractivity contribution < 1.29 is 23.1 Å². The molecule has 0 spiro atoms. The van der Waals surface area contributed by atoms with Gasteiger partial charge >= 0.3 is 5.97 Å². The van der Waals surface area contributed by atoms with Gasteiger partial charge in [-0.05, 0) is 68.0 Å². The lowest BCUT2D eigenvalue weighted by atomic mass is 9.87. The molecule has 0 aliphatic heterocycles. The molecule has 4 N–H and O–H groups in total. The highest BCUT2D eigenvalue weighted by Crippen LogP contribution is 2.26. The van der Waals surface area contributed by atoms with E-state index in [1.807, 2.05) is 24.3 Å². The molecule has 2 aromatic rings. The number of carboxylic acids is 1. The Labute approximate surface area is 189 Å². The Balaban J connectivity index is 1.66. The lowest BCUT2D eigenvalue weighted by molar-refractivity contribution is -0.142. The fraction of sp³-hybridized carbons (Fsp3) is 0.375. The highest BCUT2D eigenvalue weighted by atomic mass is 32.2. The van der Waals surface area contributed by atoms with Crippen molar-refractivity contribution in [3.63, 3.8) is 0 Å². The predicted octanol–water partition coefficient (Wildman–Crippen LogP) is 2.78. The Bertz CT molecular complexity index is 1110. The molecular weight excluding hydrogens is 428 g/mol. The minimum absolute atomic E-state index is 0.0726. The van der Waals surface area contributed by atoms with E-state index < -0.39 is 21.9 Å². The van der Waals surface area contributed by atoms with E-state index in [0.29, 0.717) is 37.9 Å². The van der Waals surface area contributed by atoms with E-state index in [-0.39, 0.29) is 16.6 Å². The zero-order valence-corrected chi connectivity index (χ0v) is 18.8. The van der Waals surface area contributed by atoms with E-state index in [1.165, 1.54) is 12.1 Å². The number of aliphatic carboxylic acids is 1. The summed E-state index contributed by atoms with van der Waals surface area (Å²) >= 11 is 0. The summed E-state index contributed by atoms with van der Waals surface area (Å²) in [6, 6.07) is 12.1. The number of carbonyl (C=O) groups is 1. The number of nitrogen functional groups attached to an aromatic ring is 1. The van der Waals surface area contributed by atoms with Gasteiger partial charge in [0.1, 0.15) is 0 Å². The molecule has 0 unspecified atom stereocenters. The van der Waals surface area contributed by atoms with Crippen molar-refractivity contribution >= 4 is 21.7 Å². The maximum atomic E-state index is 12.7. The highest BCUT2D eigenvalue weighted by Gasteiger charge is 2.29. The number of anilines is 1. The van der Waals surface area contributed by atoms with Crippen LogP contribution >= 0.6 is 0 Å². The van der Waals surface area contributed by atoms with Crippen molar-refractivity contribution in [2.24, 2.45) is 5.92 Å². The van der Waals surface area contributed by atoms with Crippen LogP contribution in [0.15, 0.2) is 47.4 Å². The van der Waals surface area contributed by atoms with Gasteiger partial charge in [0.05, 0.1) is 17.4 Å². The van der Waals surface area contributed by atoms with E-state index in [2.05, 4.69) is 16.6 Å². The number of methoxy groups -OCH3 is 1. The van der Waals surface area contributed by atoms with E-state index >= 15 is 0 Å². The molecule has 8 heteroatoms. The second-order valence-electron chi connectivity index (χ2n) is 7.95. The molecular formula is C24H28N2O5S. The van der Waals surface area contributed by atoms with Crippen LogP contribution in [0.4, 0.5) is 5.69 Å². The van der Waals surface area contributed by atoms with Crippen LogP contribution in [0.1, 0.15) is 42.4 Å². The third kappa shape index (κ3) is 6.33. The number of nitrogens with two attached hydrogens (primary N) is 1. The van der Waals surface area contributed by atoms with Gasteiger partial charge in [0.2, 0.25) is 10.0 Å². The van der Waals surface area contributed by atoms with Crippen LogP contribution in [0.5, 0.6) is 0 Å². The van der Waals surface area contributed by atoms with E-state index in [1.54, 1.807) is 13.2 Å². The fourth-order valence-electron chi connectivity index (χ4n) is 3.68. The molecule has 1 saturated carbocycles. The van der Waals surface area contributed by atoms with Gasteiger partial charge in [-0.2, -0.15) is 0 Å². The number of hydrogen-bond acceptors (Lipinski definition) is 5. The van der Waals surface area contributed by atoms with Crippen LogP contribution in [-0.2, 0) is 26.0 Å². The summed E-state index contributed by atoms with van der Waals surface area (Å²) in [5.41, 5.74) is 8.90. The van der Waals surface area contributed by atoms with Crippen LogP contribution in [0.25, 0.3) is 0 Å². The number of rotatable bonds is 7. The standard InChI is InChI=1S/C24H28N2O5S/c1-31-15-14-18-4-2-17(3-5-18)6-7-19-10-13-22(16-23(19)25)32(29,30)26-21-11-8-20(9-12-21)24(27)28/h2-5,10,13,16,20-21,26H,8-9,11-12,14-15,25H2,1H3,(H,27,28). The largest absolute Gasteiger partial charge is 0.481 e. The molecule has 3 rings (SSSR count). The van der Waals surface area contributed by atoms with Crippen LogP contribution in [0, 0.1) is 17.8 Å². The Morgan fingerprint density at radius 3 is 2.41 bits per heavy atom. The molecule has 2 aromatic carbocycles. The van der Waals surface area contributed by atoms with Gasteiger partial charge in [-0.3, -0.25) is 4.79 Å². The average molecular weight is 457 g/mol. The van der Waals surface area contributed by atoms with Crippen molar-refractivity contribution in [2.75, 3.05) is 19.5 Å². The zero-order chi connectivity index (χ0) is 23.1. The molecule has 7 nitrogen and oxygen atoms in total. The van der Waals surface area contributed by atoms with Crippen molar-refractivity contribution in [3.8, 4) is 11.8 Å². The maximum Gasteiger partial charge on any atom is 0.306 e. The lowest BCUT2D eigenvalue weighted by Gasteiger charge is -2.26. The van der Waals surface area contributed by atoms with Gasteiger partial charge in [-0.1, -0.05) is 24.0 Å². The molecule has 32 heavy (non-hydrogen) atoms. The molecule has 0 heterocycles. The molecule has 0 amide bonds. The topological polar surface area (TPSA) is 119 Å². The molecule has 0 radical (unpaired) electrons. The average Bonchev–Trinajstić information content (AvgIpc) is 2.77. The molecule has 0 saturated heterocycles. The lowest BCUT2D eigenvalue weighted by Crippen LogP contribution is -2.38. The first-order chi connectivity index (χ1) is 15.3. The maximum absolute atomic E-state index is 12.7. The minimum Gasteiger partial charge on any atom is -0.481 e. The number of carboxylic acid groups (broad SMARTS) is 1. The van der Waals surface area contributed by atoms with Crippen LogP contribution in [-0.4, -0.2) is 39.3 Å². The monoisotopic (exact) mass is 456 g/mol. The Kier molecular flexibility index (Phi) is 7.91. The molecule has 0 atom stereocenters. The number of benzene rings is 2. The second kappa shape index (κ2) is 10.6. The molecule has 170 valence electrons. The number of hydrogen-bond donors (Lipinski definition) is 3. The molecule has 0 aromatic heterocycles. The summed E-state index contributed by atoms with van der Waals surface area (Å²) in [6.07, 6.45) is 2.76. The molecule has 1 aliphatic rings. The molecule has 0 bridgehead atoms. The number of ether oxygens (including phenoxy) is 1. The normalized spacial score (nSPS) is 18.5. The van der Waals surface area contributed by atoms with E-state index in [0.717, 1.165) is 17.5 Å². The van der Waals surface area contributed by atoms with Crippen molar-refractivity contribution in [3.05, 3.63) is 59.2 Å². The van der Waals surface area contributed by atoms with Gasteiger partial charge in [0.15, 0.2) is 0 Å².